The molecule has 0 saturated carbocycles. The summed E-state index contributed by atoms with van der Waals surface area (Å²) in [5, 5.41) is 4.17. The Kier molecular flexibility index (Phi) is 2.14. The lowest BCUT2D eigenvalue weighted by atomic mass is 10.3. The van der Waals surface area contributed by atoms with Crippen LogP contribution >= 0.6 is 0 Å². The molecule has 0 aliphatic carbocycles. The fourth-order valence-corrected chi connectivity index (χ4v) is 1.23. The maximum Gasteiger partial charge on any atom is 0.246 e. The van der Waals surface area contributed by atoms with E-state index < -0.39 is 0 Å². The van der Waals surface area contributed by atoms with Gasteiger partial charge in [-0.1, -0.05) is 0 Å². The molecule has 2 aromatic rings. The topological polar surface area (TPSA) is 60.9 Å². The van der Waals surface area contributed by atoms with E-state index in [-0.39, 0.29) is 0 Å². The van der Waals surface area contributed by atoms with Crippen LogP contribution in [0.4, 0.5) is 0 Å². The number of nitrogens with zero attached hydrogens (tertiary/aromatic N) is 3. The summed E-state index contributed by atoms with van der Waals surface area (Å²) in [7, 11) is 0. The lowest BCUT2D eigenvalue weighted by molar-refractivity contribution is 0.111. The monoisotopic (exact) mass is 191 g/mol. The third-order valence-corrected chi connectivity index (χ3v) is 1.88. The molecule has 0 aromatic carbocycles. The van der Waals surface area contributed by atoms with Crippen molar-refractivity contribution in [1.82, 2.24) is 14.8 Å². The summed E-state index contributed by atoms with van der Waals surface area (Å²) in [5.74, 6) is 0.431. The minimum Gasteiger partial charge on any atom is -0.443 e. The van der Waals surface area contributed by atoms with Gasteiger partial charge in [0, 0.05) is 6.54 Å². The summed E-state index contributed by atoms with van der Waals surface area (Å²) in [4.78, 5) is 14.6. The molecule has 2 rings (SSSR count). The van der Waals surface area contributed by atoms with Crippen LogP contribution in [-0.4, -0.2) is 21.1 Å². The van der Waals surface area contributed by atoms with Crippen molar-refractivity contribution >= 4 is 6.29 Å². The highest BCUT2D eigenvalue weighted by molar-refractivity contribution is 5.74. The lowest BCUT2D eigenvalue weighted by Crippen LogP contribution is -2.00. The maximum atomic E-state index is 10.7. The van der Waals surface area contributed by atoms with Crippen molar-refractivity contribution in [2.24, 2.45) is 0 Å². The Balaban J connectivity index is 2.46. The van der Waals surface area contributed by atoms with Gasteiger partial charge in [-0.25, -0.2) is 4.98 Å². The molecule has 0 saturated heterocycles. The highest BCUT2D eigenvalue weighted by Gasteiger charge is 2.10. The van der Waals surface area contributed by atoms with Gasteiger partial charge in [-0.15, -0.1) is 0 Å². The van der Waals surface area contributed by atoms with Crippen LogP contribution in [0.15, 0.2) is 22.9 Å². The van der Waals surface area contributed by atoms with Crippen LogP contribution in [0.3, 0.4) is 0 Å². The smallest absolute Gasteiger partial charge is 0.246 e. The molecule has 0 aliphatic rings. The lowest BCUT2D eigenvalue weighted by Gasteiger charge is -1.94. The molecule has 0 amide bonds. The zero-order valence-corrected chi connectivity index (χ0v) is 7.67. The number of carbonyl (C=O) groups excluding carboxylic acids is 1. The second-order valence-electron chi connectivity index (χ2n) is 2.73. The van der Waals surface area contributed by atoms with Gasteiger partial charge in [-0.05, 0) is 13.0 Å². The van der Waals surface area contributed by atoms with Crippen molar-refractivity contribution in [1.29, 1.82) is 0 Å². The Morgan fingerprint density at radius 3 is 3.00 bits per heavy atom. The zero-order chi connectivity index (χ0) is 9.97. The number of carbonyl (C=O) groups is 1. The second-order valence-corrected chi connectivity index (χ2v) is 2.73. The molecule has 5 heteroatoms. The predicted octanol–water partition coefficient (Wildman–Crippen LogP) is 1.37. The first kappa shape index (κ1) is 8.68. The molecule has 0 N–H and O–H groups in total. The molecule has 72 valence electrons. The molecule has 0 fully saturated rings. The van der Waals surface area contributed by atoms with Gasteiger partial charge in [-0.3, -0.25) is 9.48 Å². The van der Waals surface area contributed by atoms with Crippen LogP contribution in [0.25, 0.3) is 11.6 Å². The number of aryl methyl sites for hydroxylation is 1. The maximum absolute atomic E-state index is 10.7. The highest BCUT2D eigenvalue weighted by atomic mass is 16.3. The number of rotatable bonds is 3. The molecule has 2 aromatic heterocycles. The summed E-state index contributed by atoms with van der Waals surface area (Å²) in [5.41, 5.74) is 1.11. The van der Waals surface area contributed by atoms with Gasteiger partial charge >= 0.3 is 0 Å². The largest absolute Gasteiger partial charge is 0.443 e. The molecule has 0 bridgehead atoms. The van der Waals surface area contributed by atoms with Crippen LogP contribution in [0.2, 0.25) is 0 Å². The van der Waals surface area contributed by atoms with Gasteiger partial charge in [-0.2, -0.15) is 5.10 Å². The molecule has 14 heavy (non-hydrogen) atoms. The molecule has 5 nitrogen and oxygen atoms in total. The van der Waals surface area contributed by atoms with Gasteiger partial charge in [0.25, 0.3) is 0 Å². The minimum atomic E-state index is 0.431. The number of aromatic nitrogens is 3. The quantitative estimate of drug-likeness (QED) is 0.687. The van der Waals surface area contributed by atoms with Crippen LogP contribution in [-0.2, 0) is 6.54 Å². The Morgan fingerprint density at radius 1 is 1.64 bits per heavy atom. The first-order valence-corrected chi connectivity index (χ1v) is 4.28. The van der Waals surface area contributed by atoms with Crippen molar-refractivity contribution < 1.29 is 9.21 Å². The number of hydrogen-bond acceptors (Lipinski definition) is 4. The van der Waals surface area contributed by atoms with Gasteiger partial charge in [0.15, 0.2) is 6.29 Å². The van der Waals surface area contributed by atoms with E-state index in [0.717, 1.165) is 6.29 Å². The number of aldehydes is 1. The normalized spacial score (nSPS) is 10.4. The Morgan fingerprint density at radius 2 is 2.50 bits per heavy atom. The van der Waals surface area contributed by atoms with Crippen LogP contribution in [0, 0.1) is 0 Å². The molecular formula is C9H9N3O2. The van der Waals surface area contributed by atoms with Crippen molar-refractivity contribution in [2.75, 3.05) is 0 Å². The molecule has 0 aliphatic heterocycles. The second kappa shape index (κ2) is 3.45. The van der Waals surface area contributed by atoms with Crippen molar-refractivity contribution in [3.05, 3.63) is 24.2 Å². The third-order valence-electron chi connectivity index (χ3n) is 1.88. The third kappa shape index (κ3) is 1.32. The van der Waals surface area contributed by atoms with E-state index in [1.54, 1.807) is 16.9 Å². The van der Waals surface area contributed by atoms with E-state index in [0.29, 0.717) is 23.8 Å². The summed E-state index contributed by atoms with van der Waals surface area (Å²) < 4.78 is 6.68. The van der Waals surface area contributed by atoms with Crippen molar-refractivity contribution in [3.63, 3.8) is 0 Å². The van der Waals surface area contributed by atoms with E-state index in [2.05, 4.69) is 10.1 Å². The van der Waals surface area contributed by atoms with E-state index in [9.17, 15) is 4.79 Å². The first-order valence-electron chi connectivity index (χ1n) is 4.28. The molecular weight excluding hydrogens is 182 g/mol. The van der Waals surface area contributed by atoms with Gasteiger partial charge < -0.3 is 4.42 Å². The van der Waals surface area contributed by atoms with Crippen molar-refractivity contribution in [2.45, 2.75) is 13.5 Å². The summed E-state index contributed by atoms with van der Waals surface area (Å²) >= 11 is 0. The molecule has 0 atom stereocenters. The summed E-state index contributed by atoms with van der Waals surface area (Å²) in [6.07, 6.45) is 3.78. The van der Waals surface area contributed by atoms with E-state index in [4.69, 9.17) is 4.42 Å². The van der Waals surface area contributed by atoms with E-state index in [1.165, 1.54) is 6.26 Å². The Labute approximate surface area is 80.4 Å². The summed E-state index contributed by atoms with van der Waals surface area (Å²) in [6.45, 7) is 2.56. The predicted molar refractivity (Wildman–Crippen MR) is 48.8 cm³/mol. The van der Waals surface area contributed by atoms with Crippen LogP contribution in [0.1, 0.15) is 17.4 Å². The standard InChI is InChI=1S/C9H9N3O2/c1-2-12-7(6-13)5-8(11-12)9-10-3-4-14-9/h3-6H,2H2,1H3. The fourth-order valence-electron chi connectivity index (χ4n) is 1.23. The fraction of sp³-hybridized carbons (Fsp3) is 0.222. The average Bonchev–Trinajstić information content (AvgIpc) is 2.85. The van der Waals surface area contributed by atoms with Crippen LogP contribution < -0.4 is 0 Å². The SMILES string of the molecule is CCn1nc(-c2ncco2)cc1C=O. The average molecular weight is 191 g/mol. The zero-order valence-electron chi connectivity index (χ0n) is 7.67. The first-order chi connectivity index (χ1) is 6.85. The molecule has 2 heterocycles. The van der Waals surface area contributed by atoms with E-state index >= 15 is 0 Å². The van der Waals surface area contributed by atoms with Gasteiger partial charge in [0.1, 0.15) is 17.7 Å². The Bertz CT molecular complexity index is 431. The van der Waals surface area contributed by atoms with Crippen LogP contribution in [0.5, 0.6) is 0 Å². The van der Waals surface area contributed by atoms with Gasteiger partial charge in [0.05, 0.1) is 6.20 Å². The number of oxazole rings is 1. The molecule has 0 unspecified atom stereocenters. The summed E-state index contributed by atoms with van der Waals surface area (Å²) in [6, 6.07) is 1.66. The van der Waals surface area contributed by atoms with Crippen molar-refractivity contribution in [3.8, 4) is 11.6 Å². The van der Waals surface area contributed by atoms with Gasteiger partial charge in [0.2, 0.25) is 5.89 Å². The minimum absolute atomic E-state index is 0.431. The molecule has 0 radical (unpaired) electrons. The molecule has 0 spiro atoms. The van der Waals surface area contributed by atoms with E-state index in [1.807, 2.05) is 6.92 Å². The Hall–Kier alpha value is -1.91. The number of hydrogen-bond donors (Lipinski definition) is 0. The highest BCUT2D eigenvalue weighted by Crippen LogP contribution is 2.15.